The van der Waals surface area contributed by atoms with E-state index in [0.717, 1.165) is 37.9 Å². The van der Waals surface area contributed by atoms with E-state index in [0.29, 0.717) is 13.2 Å². The van der Waals surface area contributed by atoms with Gasteiger partial charge in [0.15, 0.2) is 0 Å². The minimum Gasteiger partial charge on any atom is -0.389 e. The highest BCUT2D eigenvalue weighted by atomic mass is 16.5. The number of hydrogen-bond donors (Lipinski definition) is 2. The lowest BCUT2D eigenvalue weighted by atomic mass is 9.89. The molecule has 24 heavy (non-hydrogen) atoms. The second-order valence-corrected chi connectivity index (χ2v) is 6.55. The quantitative estimate of drug-likeness (QED) is 0.729. The lowest BCUT2D eigenvalue weighted by Crippen LogP contribution is -2.33. The summed E-state index contributed by atoms with van der Waals surface area (Å²) < 4.78 is 7.89. The van der Waals surface area contributed by atoms with Gasteiger partial charge in [-0.05, 0) is 42.9 Å². The maximum Gasteiger partial charge on any atom is 0.0897 e. The number of aliphatic hydroxyl groups excluding tert-OH is 1. The summed E-state index contributed by atoms with van der Waals surface area (Å²) in [6.07, 6.45) is 6.82. The van der Waals surface area contributed by atoms with E-state index < -0.39 is 6.10 Å². The molecule has 1 heterocycles. The summed E-state index contributed by atoms with van der Waals surface area (Å²) in [7, 11) is 0. The van der Waals surface area contributed by atoms with Gasteiger partial charge in [0.1, 0.15) is 0 Å². The van der Waals surface area contributed by atoms with Crippen molar-refractivity contribution < 1.29 is 9.84 Å². The van der Waals surface area contributed by atoms with Crippen LogP contribution in [0.25, 0.3) is 0 Å². The molecular formula is C19H27N3O2. The van der Waals surface area contributed by atoms with E-state index in [4.69, 9.17) is 4.74 Å². The number of rotatable bonds is 8. The first-order chi connectivity index (χ1) is 11.7. The smallest absolute Gasteiger partial charge is 0.0897 e. The van der Waals surface area contributed by atoms with Crippen LogP contribution in [0.15, 0.2) is 36.7 Å². The lowest BCUT2D eigenvalue weighted by Gasteiger charge is -2.26. The summed E-state index contributed by atoms with van der Waals surface area (Å²) in [6.45, 7) is 4.52. The van der Waals surface area contributed by atoms with E-state index in [9.17, 15) is 5.11 Å². The maximum atomic E-state index is 10.1. The molecule has 1 aromatic carbocycles. The van der Waals surface area contributed by atoms with Gasteiger partial charge in [0, 0.05) is 19.3 Å². The van der Waals surface area contributed by atoms with Crippen LogP contribution in [0.4, 0.5) is 0 Å². The second kappa shape index (κ2) is 8.42. The zero-order valence-electron chi connectivity index (χ0n) is 14.3. The third-order valence-corrected chi connectivity index (χ3v) is 4.46. The molecule has 1 aliphatic carbocycles. The van der Waals surface area contributed by atoms with E-state index in [1.807, 2.05) is 24.0 Å². The highest BCUT2D eigenvalue weighted by molar-refractivity contribution is 5.31. The molecule has 0 saturated carbocycles. The maximum absolute atomic E-state index is 10.1. The largest absolute Gasteiger partial charge is 0.389 e. The van der Waals surface area contributed by atoms with Crippen LogP contribution in [0, 0.1) is 6.92 Å². The number of benzene rings is 1. The molecule has 5 nitrogen and oxygen atoms in total. The molecule has 1 aliphatic rings. The highest BCUT2D eigenvalue weighted by Gasteiger charge is 2.21. The number of fused-ring (bicyclic) bond motifs is 1. The Morgan fingerprint density at radius 3 is 3.12 bits per heavy atom. The van der Waals surface area contributed by atoms with Gasteiger partial charge in [-0.3, -0.25) is 4.68 Å². The minimum atomic E-state index is -0.488. The Morgan fingerprint density at radius 1 is 1.42 bits per heavy atom. The summed E-state index contributed by atoms with van der Waals surface area (Å²) in [4.78, 5) is 0. The van der Waals surface area contributed by atoms with Gasteiger partial charge in [-0.25, -0.2) is 0 Å². The van der Waals surface area contributed by atoms with Gasteiger partial charge in [-0.15, -0.1) is 0 Å². The van der Waals surface area contributed by atoms with Crippen molar-refractivity contribution in [2.45, 2.75) is 44.9 Å². The van der Waals surface area contributed by atoms with E-state index in [2.05, 4.69) is 34.7 Å². The number of nitrogens with zero attached hydrogens (tertiary/aromatic N) is 2. The predicted octanol–water partition coefficient (Wildman–Crippen LogP) is 2.24. The van der Waals surface area contributed by atoms with Crippen LogP contribution >= 0.6 is 0 Å². The fraction of sp³-hybridized carbons (Fsp3) is 0.526. The number of aryl methyl sites for hydroxylation is 2. The van der Waals surface area contributed by atoms with E-state index in [1.54, 1.807) is 0 Å². The molecule has 5 heteroatoms. The van der Waals surface area contributed by atoms with Gasteiger partial charge in [0.25, 0.3) is 0 Å². The highest BCUT2D eigenvalue weighted by Crippen LogP contribution is 2.32. The molecule has 130 valence electrons. The van der Waals surface area contributed by atoms with Gasteiger partial charge in [-0.2, -0.15) is 5.10 Å². The average Bonchev–Trinajstić information content (AvgIpc) is 3.02. The van der Waals surface area contributed by atoms with Gasteiger partial charge in [0.2, 0.25) is 0 Å². The van der Waals surface area contributed by atoms with Crippen molar-refractivity contribution in [1.82, 2.24) is 15.1 Å². The minimum absolute atomic E-state index is 0.122. The molecule has 0 aliphatic heterocycles. The number of nitrogens with one attached hydrogen (secondary N) is 1. The Kier molecular flexibility index (Phi) is 6.01. The monoisotopic (exact) mass is 329 g/mol. The van der Waals surface area contributed by atoms with Crippen LogP contribution < -0.4 is 5.32 Å². The number of ether oxygens (including phenoxy) is 1. The zero-order valence-corrected chi connectivity index (χ0v) is 14.3. The number of aliphatic hydroxyl groups is 1. The van der Waals surface area contributed by atoms with Crippen molar-refractivity contribution in [3.63, 3.8) is 0 Å². The topological polar surface area (TPSA) is 59.3 Å². The summed E-state index contributed by atoms with van der Waals surface area (Å²) in [6, 6.07) is 8.48. The van der Waals surface area contributed by atoms with E-state index >= 15 is 0 Å². The standard InChI is InChI=1S/C19H27N3O2/c1-15-11-21-22(13-15)10-9-20-12-17(23)14-24-19-8-4-6-16-5-2-3-7-18(16)19/h2-3,5,7,11,13,17,19-20,23H,4,6,8-10,12,14H2,1H3/t17-,19-/m1/s1. The van der Waals surface area contributed by atoms with Crippen molar-refractivity contribution in [1.29, 1.82) is 0 Å². The van der Waals surface area contributed by atoms with Gasteiger partial charge in [-0.1, -0.05) is 24.3 Å². The van der Waals surface area contributed by atoms with Crippen molar-refractivity contribution in [2.24, 2.45) is 0 Å². The predicted molar refractivity (Wildman–Crippen MR) is 93.9 cm³/mol. The van der Waals surface area contributed by atoms with Gasteiger partial charge >= 0.3 is 0 Å². The summed E-state index contributed by atoms with van der Waals surface area (Å²) in [5.41, 5.74) is 3.84. The Balaban J connectivity index is 1.36. The van der Waals surface area contributed by atoms with Crippen LogP contribution in [-0.4, -0.2) is 40.7 Å². The fourth-order valence-electron chi connectivity index (χ4n) is 3.22. The van der Waals surface area contributed by atoms with Crippen LogP contribution in [0.1, 0.15) is 35.6 Å². The van der Waals surface area contributed by atoms with Crippen molar-refractivity contribution in [2.75, 3.05) is 19.7 Å². The Hall–Kier alpha value is -1.69. The number of hydrogen-bond acceptors (Lipinski definition) is 4. The third kappa shape index (κ3) is 4.66. The SMILES string of the molecule is Cc1cnn(CCNC[C@@H](O)CO[C@@H]2CCCc3ccccc32)c1. The lowest BCUT2D eigenvalue weighted by molar-refractivity contribution is -0.0167. The normalized spacial score (nSPS) is 18.3. The first-order valence-electron chi connectivity index (χ1n) is 8.79. The van der Waals surface area contributed by atoms with Gasteiger partial charge < -0.3 is 15.2 Å². The second-order valence-electron chi connectivity index (χ2n) is 6.55. The van der Waals surface area contributed by atoms with Crippen LogP contribution in [0.5, 0.6) is 0 Å². The average molecular weight is 329 g/mol. The van der Waals surface area contributed by atoms with E-state index in [-0.39, 0.29) is 6.10 Å². The molecule has 0 radical (unpaired) electrons. The molecule has 0 bridgehead atoms. The zero-order chi connectivity index (χ0) is 16.8. The molecule has 0 amide bonds. The summed E-state index contributed by atoms with van der Waals surface area (Å²) in [5, 5.41) is 17.6. The Bertz CT molecular complexity index is 641. The molecular weight excluding hydrogens is 302 g/mol. The summed E-state index contributed by atoms with van der Waals surface area (Å²) >= 11 is 0. The van der Waals surface area contributed by atoms with Crippen LogP contribution in [0.3, 0.4) is 0 Å². The molecule has 2 N–H and O–H groups in total. The van der Waals surface area contributed by atoms with Crippen molar-refractivity contribution in [3.8, 4) is 0 Å². The molecule has 2 aromatic rings. The molecule has 2 atom stereocenters. The molecule has 0 unspecified atom stereocenters. The van der Waals surface area contributed by atoms with Crippen LogP contribution in [0.2, 0.25) is 0 Å². The Morgan fingerprint density at radius 2 is 2.29 bits per heavy atom. The number of aromatic nitrogens is 2. The molecule has 0 saturated heterocycles. The van der Waals surface area contributed by atoms with E-state index in [1.165, 1.54) is 11.1 Å². The third-order valence-electron chi connectivity index (χ3n) is 4.46. The first kappa shape index (κ1) is 17.1. The van der Waals surface area contributed by atoms with Crippen molar-refractivity contribution >= 4 is 0 Å². The van der Waals surface area contributed by atoms with Crippen LogP contribution in [-0.2, 0) is 17.7 Å². The van der Waals surface area contributed by atoms with Gasteiger partial charge in [0.05, 0.1) is 31.6 Å². The Labute approximate surface area is 143 Å². The molecule has 0 spiro atoms. The first-order valence-corrected chi connectivity index (χ1v) is 8.79. The molecule has 3 rings (SSSR count). The molecule has 0 fully saturated rings. The summed E-state index contributed by atoms with van der Waals surface area (Å²) in [5.74, 6) is 0. The molecule has 1 aromatic heterocycles. The van der Waals surface area contributed by atoms with Crippen molar-refractivity contribution in [3.05, 3.63) is 53.3 Å². The fourth-order valence-corrected chi connectivity index (χ4v) is 3.22.